The SMILES string of the molecule is CCC(C)C(Br)(CC)CC. The van der Waals surface area contributed by atoms with Gasteiger partial charge in [0.25, 0.3) is 0 Å². The molecule has 0 aromatic carbocycles. The second-order valence-electron chi connectivity index (χ2n) is 3.05. The predicted molar refractivity (Wildman–Crippen MR) is 51.7 cm³/mol. The Morgan fingerprint density at radius 1 is 1.20 bits per heavy atom. The molecule has 0 aliphatic heterocycles. The van der Waals surface area contributed by atoms with E-state index in [1.54, 1.807) is 0 Å². The number of halogens is 1. The summed E-state index contributed by atoms with van der Waals surface area (Å²) in [6.07, 6.45) is 3.74. The van der Waals surface area contributed by atoms with Gasteiger partial charge in [-0.2, -0.15) is 0 Å². The first kappa shape index (κ1) is 10.5. The third kappa shape index (κ3) is 2.26. The van der Waals surface area contributed by atoms with Gasteiger partial charge in [0.15, 0.2) is 0 Å². The molecule has 10 heavy (non-hydrogen) atoms. The fraction of sp³-hybridized carbons (Fsp3) is 1.00. The second kappa shape index (κ2) is 4.38. The molecular formula is C9H19Br. The van der Waals surface area contributed by atoms with Gasteiger partial charge >= 0.3 is 0 Å². The third-order valence-corrected chi connectivity index (χ3v) is 4.57. The van der Waals surface area contributed by atoms with Gasteiger partial charge in [0.2, 0.25) is 0 Å². The van der Waals surface area contributed by atoms with Crippen LogP contribution < -0.4 is 0 Å². The zero-order valence-corrected chi connectivity index (χ0v) is 9.16. The van der Waals surface area contributed by atoms with E-state index in [-0.39, 0.29) is 0 Å². The van der Waals surface area contributed by atoms with Crippen LogP contribution in [-0.2, 0) is 0 Å². The molecule has 0 heterocycles. The maximum atomic E-state index is 3.81. The largest absolute Gasteiger partial charge is 0.0851 e. The van der Waals surface area contributed by atoms with Gasteiger partial charge in [0, 0.05) is 4.32 Å². The Balaban J connectivity index is 4.02. The predicted octanol–water partition coefficient (Wildman–Crippen LogP) is 3.99. The molecule has 0 N–H and O–H groups in total. The highest BCUT2D eigenvalue weighted by molar-refractivity contribution is 9.10. The molecule has 0 fully saturated rings. The van der Waals surface area contributed by atoms with Crippen molar-refractivity contribution in [2.45, 2.75) is 51.3 Å². The quantitative estimate of drug-likeness (QED) is 0.611. The molecule has 0 aliphatic rings. The fourth-order valence-electron chi connectivity index (χ4n) is 1.31. The van der Waals surface area contributed by atoms with Crippen LogP contribution in [0.25, 0.3) is 0 Å². The van der Waals surface area contributed by atoms with E-state index >= 15 is 0 Å². The number of hydrogen-bond acceptors (Lipinski definition) is 0. The molecule has 0 spiro atoms. The molecule has 0 nitrogen and oxygen atoms in total. The van der Waals surface area contributed by atoms with Crippen molar-refractivity contribution in [1.82, 2.24) is 0 Å². The molecule has 1 atom stereocenters. The van der Waals surface area contributed by atoms with Crippen LogP contribution in [0, 0.1) is 5.92 Å². The van der Waals surface area contributed by atoms with E-state index in [0.29, 0.717) is 4.32 Å². The van der Waals surface area contributed by atoms with Gasteiger partial charge in [0.1, 0.15) is 0 Å². The average Bonchev–Trinajstić information content (AvgIpc) is 2.01. The molecule has 0 amide bonds. The summed E-state index contributed by atoms with van der Waals surface area (Å²) in [5.41, 5.74) is 0. The van der Waals surface area contributed by atoms with Gasteiger partial charge in [-0.05, 0) is 18.8 Å². The van der Waals surface area contributed by atoms with E-state index in [4.69, 9.17) is 0 Å². The van der Waals surface area contributed by atoms with Gasteiger partial charge in [-0.15, -0.1) is 0 Å². The van der Waals surface area contributed by atoms with E-state index < -0.39 is 0 Å². The average molecular weight is 207 g/mol. The minimum absolute atomic E-state index is 0.405. The van der Waals surface area contributed by atoms with E-state index in [9.17, 15) is 0 Å². The Kier molecular flexibility index (Phi) is 4.59. The molecule has 0 radical (unpaired) electrons. The lowest BCUT2D eigenvalue weighted by molar-refractivity contribution is 0.381. The summed E-state index contributed by atoms with van der Waals surface area (Å²) in [5.74, 6) is 0.794. The number of rotatable bonds is 4. The lowest BCUT2D eigenvalue weighted by Gasteiger charge is -2.30. The summed E-state index contributed by atoms with van der Waals surface area (Å²) in [4.78, 5) is 0. The van der Waals surface area contributed by atoms with Crippen molar-refractivity contribution in [3.8, 4) is 0 Å². The fourth-order valence-corrected chi connectivity index (χ4v) is 1.64. The highest BCUT2D eigenvalue weighted by Crippen LogP contribution is 2.36. The first-order chi connectivity index (χ1) is 4.60. The summed E-state index contributed by atoms with van der Waals surface area (Å²) in [6.45, 7) is 9.09. The summed E-state index contributed by atoms with van der Waals surface area (Å²) < 4.78 is 0.405. The Labute approximate surface area is 73.5 Å². The summed E-state index contributed by atoms with van der Waals surface area (Å²) in [6, 6.07) is 0. The molecule has 0 rings (SSSR count). The molecule has 0 aromatic heterocycles. The standard InChI is InChI=1S/C9H19Br/c1-5-8(4)9(10,6-2)7-3/h8H,5-7H2,1-4H3. The van der Waals surface area contributed by atoms with Gasteiger partial charge in [-0.3, -0.25) is 0 Å². The van der Waals surface area contributed by atoms with Crippen molar-refractivity contribution in [2.75, 3.05) is 0 Å². The van der Waals surface area contributed by atoms with Crippen LogP contribution >= 0.6 is 15.9 Å². The minimum atomic E-state index is 0.405. The normalized spacial score (nSPS) is 15.3. The van der Waals surface area contributed by atoms with Crippen LogP contribution in [0.1, 0.15) is 47.0 Å². The van der Waals surface area contributed by atoms with E-state index in [0.717, 1.165) is 5.92 Å². The molecule has 1 unspecified atom stereocenters. The lowest BCUT2D eigenvalue weighted by atomic mass is 9.87. The number of hydrogen-bond donors (Lipinski definition) is 0. The molecule has 1 heteroatoms. The van der Waals surface area contributed by atoms with Crippen molar-refractivity contribution in [2.24, 2.45) is 5.92 Å². The molecule has 0 aromatic rings. The molecule has 0 bridgehead atoms. The van der Waals surface area contributed by atoms with Crippen molar-refractivity contribution in [3.63, 3.8) is 0 Å². The number of alkyl halides is 1. The molecule has 0 aliphatic carbocycles. The van der Waals surface area contributed by atoms with E-state index in [2.05, 4.69) is 43.6 Å². The lowest BCUT2D eigenvalue weighted by Crippen LogP contribution is -2.27. The van der Waals surface area contributed by atoms with Gasteiger partial charge in [-0.1, -0.05) is 50.0 Å². The molecule has 62 valence electrons. The monoisotopic (exact) mass is 206 g/mol. The van der Waals surface area contributed by atoms with Crippen molar-refractivity contribution < 1.29 is 0 Å². The maximum Gasteiger partial charge on any atom is 0.0278 e. The van der Waals surface area contributed by atoms with Crippen LogP contribution in [-0.4, -0.2) is 4.32 Å². The first-order valence-electron chi connectivity index (χ1n) is 4.29. The molecule has 0 saturated carbocycles. The van der Waals surface area contributed by atoms with Gasteiger partial charge < -0.3 is 0 Å². The van der Waals surface area contributed by atoms with Gasteiger partial charge in [0.05, 0.1) is 0 Å². The first-order valence-corrected chi connectivity index (χ1v) is 5.08. The Morgan fingerprint density at radius 2 is 1.60 bits per heavy atom. The van der Waals surface area contributed by atoms with Crippen molar-refractivity contribution in [1.29, 1.82) is 0 Å². The van der Waals surface area contributed by atoms with E-state index in [1.807, 2.05) is 0 Å². The topological polar surface area (TPSA) is 0 Å². The van der Waals surface area contributed by atoms with Crippen LogP contribution in [0.2, 0.25) is 0 Å². The van der Waals surface area contributed by atoms with E-state index in [1.165, 1.54) is 19.3 Å². The summed E-state index contributed by atoms with van der Waals surface area (Å²) in [5, 5.41) is 0. The van der Waals surface area contributed by atoms with Crippen molar-refractivity contribution in [3.05, 3.63) is 0 Å². The zero-order valence-electron chi connectivity index (χ0n) is 7.58. The van der Waals surface area contributed by atoms with Gasteiger partial charge in [-0.25, -0.2) is 0 Å². The second-order valence-corrected chi connectivity index (χ2v) is 4.63. The maximum absolute atomic E-state index is 3.81. The zero-order chi connectivity index (χ0) is 8.20. The van der Waals surface area contributed by atoms with Crippen LogP contribution in [0.15, 0.2) is 0 Å². The third-order valence-electron chi connectivity index (χ3n) is 2.67. The summed E-state index contributed by atoms with van der Waals surface area (Å²) in [7, 11) is 0. The molecule has 0 saturated heterocycles. The Morgan fingerprint density at radius 3 is 1.70 bits per heavy atom. The summed E-state index contributed by atoms with van der Waals surface area (Å²) >= 11 is 3.81. The Hall–Kier alpha value is 0.480. The smallest absolute Gasteiger partial charge is 0.0278 e. The van der Waals surface area contributed by atoms with Crippen LogP contribution in [0.3, 0.4) is 0 Å². The van der Waals surface area contributed by atoms with Crippen LogP contribution in [0.4, 0.5) is 0 Å². The van der Waals surface area contributed by atoms with Crippen molar-refractivity contribution >= 4 is 15.9 Å². The minimum Gasteiger partial charge on any atom is -0.0851 e. The van der Waals surface area contributed by atoms with Crippen LogP contribution in [0.5, 0.6) is 0 Å². The molecular weight excluding hydrogens is 188 g/mol. The Bertz CT molecular complexity index is 84.7. The highest BCUT2D eigenvalue weighted by Gasteiger charge is 2.27. The highest BCUT2D eigenvalue weighted by atomic mass is 79.9.